The molecule has 0 saturated carbocycles. The maximum Gasteiger partial charge on any atom is -0.00266 e. The Labute approximate surface area is 157 Å². The van der Waals surface area contributed by atoms with Gasteiger partial charge in [0.15, 0.2) is 0 Å². The molecule has 0 aliphatic carbocycles. The van der Waals surface area contributed by atoms with Crippen LogP contribution in [-0.2, 0) is 6.42 Å². The minimum atomic E-state index is 1.21. The van der Waals surface area contributed by atoms with Gasteiger partial charge >= 0.3 is 0 Å². The van der Waals surface area contributed by atoms with E-state index in [-0.39, 0.29) is 0 Å². The summed E-state index contributed by atoms with van der Waals surface area (Å²) >= 11 is 0. The quantitative estimate of drug-likeness (QED) is 0.212. The van der Waals surface area contributed by atoms with E-state index >= 15 is 0 Å². The molecule has 0 heteroatoms. The number of rotatable bonds is 9. The highest BCUT2D eigenvalue weighted by Gasteiger charge is 2.08. The Balaban J connectivity index is 1.45. The summed E-state index contributed by atoms with van der Waals surface area (Å²) in [6, 6.07) is 20.7. The van der Waals surface area contributed by atoms with E-state index in [4.69, 9.17) is 0 Å². The minimum Gasteiger partial charge on any atom is -0.0654 e. The SMILES string of the molecule is CCCCCCCCCCc1cc2ccc3cccc4ccc(c1)c2c34. The van der Waals surface area contributed by atoms with Crippen molar-refractivity contribution in [3.8, 4) is 0 Å². The van der Waals surface area contributed by atoms with Crippen LogP contribution in [0.1, 0.15) is 63.9 Å². The summed E-state index contributed by atoms with van der Waals surface area (Å²) in [4.78, 5) is 0. The van der Waals surface area contributed by atoms with Crippen LogP contribution in [0.2, 0.25) is 0 Å². The van der Waals surface area contributed by atoms with E-state index in [2.05, 4.69) is 61.5 Å². The standard InChI is InChI=1S/C26H30/c1-2-3-4-5-6-7-8-9-11-20-18-23-16-14-21-12-10-13-22-15-17-24(19-20)26(23)25(21)22/h10,12-19H,2-9,11H2,1H3. The van der Waals surface area contributed by atoms with Crippen LogP contribution < -0.4 is 0 Å². The van der Waals surface area contributed by atoms with Gasteiger partial charge in [-0.3, -0.25) is 0 Å². The maximum atomic E-state index is 2.43. The Morgan fingerprint density at radius 1 is 0.538 bits per heavy atom. The predicted octanol–water partition coefficient (Wildman–Crippen LogP) is 8.27. The van der Waals surface area contributed by atoms with E-state index in [1.807, 2.05) is 0 Å². The summed E-state index contributed by atoms with van der Waals surface area (Å²) in [5.41, 5.74) is 1.50. The molecule has 0 N–H and O–H groups in total. The fourth-order valence-corrected chi connectivity index (χ4v) is 4.43. The lowest BCUT2D eigenvalue weighted by Crippen LogP contribution is -1.90. The average molecular weight is 343 g/mol. The van der Waals surface area contributed by atoms with Crippen LogP contribution in [0.4, 0.5) is 0 Å². The van der Waals surface area contributed by atoms with Gasteiger partial charge in [0.25, 0.3) is 0 Å². The van der Waals surface area contributed by atoms with Gasteiger partial charge in [0, 0.05) is 0 Å². The molecular formula is C26H30. The fourth-order valence-electron chi connectivity index (χ4n) is 4.43. The van der Waals surface area contributed by atoms with E-state index in [1.165, 1.54) is 95.7 Å². The number of aryl methyl sites for hydroxylation is 1. The van der Waals surface area contributed by atoms with Gasteiger partial charge in [-0.25, -0.2) is 0 Å². The molecule has 26 heavy (non-hydrogen) atoms. The predicted molar refractivity (Wildman–Crippen MR) is 116 cm³/mol. The Morgan fingerprint density at radius 3 is 1.65 bits per heavy atom. The first-order chi connectivity index (χ1) is 12.9. The van der Waals surface area contributed by atoms with Crippen LogP contribution in [-0.4, -0.2) is 0 Å². The second-order valence-corrected chi connectivity index (χ2v) is 7.85. The van der Waals surface area contributed by atoms with Gasteiger partial charge in [-0.15, -0.1) is 0 Å². The third kappa shape index (κ3) is 3.56. The molecule has 0 amide bonds. The molecular weight excluding hydrogens is 312 g/mol. The van der Waals surface area contributed by atoms with Crippen molar-refractivity contribution >= 4 is 32.3 Å². The van der Waals surface area contributed by atoms with Crippen molar-refractivity contribution < 1.29 is 0 Å². The van der Waals surface area contributed by atoms with Gasteiger partial charge in [0.05, 0.1) is 0 Å². The monoisotopic (exact) mass is 342 g/mol. The normalized spacial score (nSPS) is 11.9. The maximum absolute atomic E-state index is 2.43. The lowest BCUT2D eigenvalue weighted by Gasteiger charge is -2.12. The summed E-state index contributed by atoms with van der Waals surface area (Å²) in [5, 5.41) is 8.40. The fraction of sp³-hybridized carbons (Fsp3) is 0.385. The highest BCUT2D eigenvalue weighted by molar-refractivity contribution is 6.23. The molecule has 0 aliphatic rings. The molecule has 0 saturated heterocycles. The smallest absolute Gasteiger partial charge is 0.00266 e. The molecule has 0 fully saturated rings. The summed E-state index contributed by atoms with van der Waals surface area (Å²) in [6.45, 7) is 2.29. The Kier molecular flexibility index (Phi) is 5.39. The first-order valence-electron chi connectivity index (χ1n) is 10.5. The van der Waals surface area contributed by atoms with E-state index in [0.29, 0.717) is 0 Å². The van der Waals surface area contributed by atoms with Crippen LogP contribution >= 0.6 is 0 Å². The summed E-state index contributed by atoms with van der Waals surface area (Å²) in [5.74, 6) is 0. The van der Waals surface area contributed by atoms with Gasteiger partial charge in [-0.2, -0.15) is 0 Å². The van der Waals surface area contributed by atoms with Gasteiger partial charge < -0.3 is 0 Å². The van der Waals surface area contributed by atoms with Gasteiger partial charge in [0.1, 0.15) is 0 Å². The average Bonchev–Trinajstić information content (AvgIpc) is 2.68. The van der Waals surface area contributed by atoms with Crippen LogP contribution in [0.25, 0.3) is 32.3 Å². The second kappa shape index (κ2) is 8.08. The van der Waals surface area contributed by atoms with Crippen LogP contribution in [0, 0.1) is 0 Å². The largest absolute Gasteiger partial charge is 0.0654 e. The molecule has 0 heterocycles. The Hall–Kier alpha value is -2.08. The van der Waals surface area contributed by atoms with Crippen molar-refractivity contribution in [3.63, 3.8) is 0 Å². The molecule has 0 spiro atoms. The molecule has 0 aliphatic heterocycles. The van der Waals surface area contributed by atoms with Crippen LogP contribution in [0.5, 0.6) is 0 Å². The van der Waals surface area contributed by atoms with Crippen molar-refractivity contribution in [1.82, 2.24) is 0 Å². The van der Waals surface area contributed by atoms with E-state index in [1.54, 1.807) is 0 Å². The Morgan fingerprint density at radius 2 is 1.04 bits per heavy atom. The lowest BCUT2D eigenvalue weighted by atomic mass is 9.92. The highest BCUT2D eigenvalue weighted by Crippen LogP contribution is 2.35. The topological polar surface area (TPSA) is 0 Å². The zero-order valence-corrected chi connectivity index (χ0v) is 16.1. The van der Waals surface area contributed by atoms with Crippen molar-refractivity contribution in [1.29, 1.82) is 0 Å². The summed E-state index contributed by atoms with van der Waals surface area (Å²) in [7, 11) is 0. The molecule has 0 radical (unpaired) electrons. The third-order valence-corrected chi connectivity index (χ3v) is 5.84. The van der Waals surface area contributed by atoms with Crippen molar-refractivity contribution in [2.75, 3.05) is 0 Å². The molecule has 0 bridgehead atoms. The van der Waals surface area contributed by atoms with E-state index < -0.39 is 0 Å². The molecule has 0 aromatic heterocycles. The van der Waals surface area contributed by atoms with Gasteiger partial charge in [0.2, 0.25) is 0 Å². The zero-order chi connectivity index (χ0) is 17.8. The first-order valence-corrected chi connectivity index (χ1v) is 10.5. The number of hydrogen-bond acceptors (Lipinski definition) is 0. The molecule has 0 unspecified atom stereocenters. The van der Waals surface area contributed by atoms with Crippen molar-refractivity contribution in [2.45, 2.75) is 64.7 Å². The number of unbranched alkanes of at least 4 members (excludes halogenated alkanes) is 7. The van der Waals surface area contributed by atoms with E-state index in [0.717, 1.165) is 0 Å². The minimum absolute atomic E-state index is 1.21. The number of benzene rings is 4. The second-order valence-electron chi connectivity index (χ2n) is 7.85. The molecule has 4 rings (SSSR count). The molecule has 134 valence electrons. The highest BCUT2D eigenvalue weighted by atomic mass is 14.1. The van der Waals surface area contributed by atoms with E-state index in [9.17, 15) is 0 Å². The summed E-state index contributed by atoms with van der Waals surface area (Å²) in [6.07, 6.45) is 12.3. The molecule has 0 nitrogen and oxygen atoms in total. The van der Waals surface area contributed by atoms with Crippen molar-refractivity contribution in [3.05, 3.63) is 60.2 Å². The Bertz CT molecular complexity index is 915. The lowest BCUT2D eigenvalue weighted by molar-refractivity contribution is 0.575. The van der Waals surface area contributed by atoms with Crippen LogP contribution in [0.3, 0.4) is 0 Å². The van der Waals surface area contributed by atoms with Gasteiger partial charge in [-0.1, -0.05) is 106 Å². The zero-order valence-electron chi connectivity index (χ0n) is 16.1. The van der Waals surface area contributed by atoms with Crippen molar-refractivity contribution in [2.24, 2.45) is 0 Å². The molecule has 0 atom stereocenters. The molecule has 4 aromatic carbocycles. The number of hydrogen-bond donors (Lipinski definition) is 0. The van der Waals surface area contributed by atoms with Gasteiger partial charge in [-0.05, 0) is 50.7 Å². The summed E-state index contributed by atoms with van der Waals surface area (Å²) < 4.78 is 0. The molecule has 4 aromatic rings. The third-order valence-electron chi connectivity index (χ3n) is 5.84. The van der Waals surface area contributed by atoms with Crippen LogP contribution in [0.15, 0.2) is 54.6 Å². The first kappa shape index (κ1) is 17.3.